The van der Waals surface area contributed by atoms with E-state index in [1.165, 1.54) is 4.90 Å². The summed E-state index contributed by atoms with van der Waals surface area (Å²) in [7, 11) is -3.07. The van der Waals surface area contributed by atoms with Crippen LogP contribution in [0.15, 0.2) is 22.7 Å². The predicted molar refractivity (Wildman–Crippen MR) is 102 cm³/mol. The third kappa shape index (κ3) is 6.14. The van der Waals surface area contributed by atoms with E-state index in [9.17, 15) is 18.0 Å². The number of sulfone groups is 1. The number of carbonyl (C=O) groups is 2. The van der Waals surface area contributed by atoms with Crippen molar-refractivity contribution in [2.24, 2.45) is 0 Å². The second-order valence-electron chi connectivity index (χ2n) is 5.94. The molecule has 0 bridgehead atoms. The highest BCUT2D eigenvalue weighted by atomic mass is 79.9. The fraction of sp³-hybridized carbons (Fsp3) is 0.500. The van der Waals surface area contributed by atoms with Gasteiger partial charge in [0.25, 0.3) is 5.91 Å². The topological polar surface area (TPSA) is 92.8 Å². The Labute approximate surface area is 166 Å². The van der Waals surface area contributed by atoms with Crippen LogP contribution in [0.1, 0.15) is 13.3 Å². The molecule has 10 heteroatoms. The number of hydrogen-bond donors (Lipinski definition) is 1. The number of carbonyl (C=O) groups excluding carboxylic acids is 2. The van der Waals surface area contributed by atoms with Crippen LogP contribution in [-0.2, 0) is 19.4 Å². The summed E-state index contributed by atoms with van der Waals surface area (Å²) in [4.78, 5) is 25.7. The van der Waals surface area contributed by atoms with E-state index in [1.807, 2.05) is 0 Å². The smallest absolute Gasteiger partial charge is 0.260 e. The lowest BCUT2D eigenvalue weighted by Gasteiger charge is -2.21. The van der Waals surface area contributed by atoms with E-state index in [0.717, 1.165) is 0 Å². The molecule has 1 fully saturated rings. The van der Waals surface area contributed by atoms with Crippen molar-refractivity contribution in [3.05, 3.63) is 27.7 Å². The normalized spacial score (nSPS) is 18.3. The Hall–Kier alpha value is -1.32. The van der Waals surface area contributed by atoms with Crippen LogP contribution in [0.4, 0.5) is 0 Å². The Morgan fingerprint density at radius 2 is 2.15 bits per heavy atom. The molecule has 1 atom stereocenters. The Bertz CT molecular complexity index is 787. The second-order valence-corrected chi connectivity index (χ2v) is 9.46. The van der Waals surface area contributed by atoms with Crippen LogP contribution < -0.4 is 10.1 Å². The summed E-state index contributed by atoms with van der Waals surface area (Å²) < 4.78 is 29.0. The Morgan fingerprint density at radius 3 is 2.73 bits per heavy atom. The zero-order chi connectivity index (χ0) is 19.3. The monoisotopic (exact) mass is 466 g/mol. The van der Waals surface area contributed by atoms with Gasteiger partial charge in [0, 0.05) is 17.6 Å². The molecule has 0 spiro atoms. The predicted octanol–water partition coefficient (Wildman–Crippen LogP) is 1.63. The average molecular weight is 468 g/mol. The van der Waals surface area contributed by atoms with Crippen molar-refractivity contribution >= 4 is 49.2 Å². The number of rotatable bonds is 7. The van der Waals surface area contributed by atoms with Crippen LogP contribution in [0, 0.1) is 0 Å². The number of benzene rings is 1. The van der Waals surface area contributed by atoms with Gasteiger partial charge in [0.15, 0.2) is 16.4 Å². The van der Waals surface area contributed by atoms with Gasteiger partial charge < -0.3 is 15.0 Å². The van der Waals surface area contributed by atoms with E-state index in [0.29, 0.717) is 28.2 Å². The van der Waals surface area contributed by atoms with Crippen molar-refractivity contribution in [3.8, 4) is 5.75 Å². The van der Waals surface area contributed by atoms with Crippen molar-refractivity contribution in [3.63, 3.8) is 0 Å². The molecule has 144 valence electrons. The van der Waals surface area contributed by atoms with Gasteiger partial charge in [-0.05, 0) is 47.5 Å². The highest BCUT2D eigenvalue weighted by molar-refractivity contribution is 9.10. The molecular weight excluding hydrogens is 448 g/mol. The minimum atomic E-state index is -3.07. The maximum Gasteiger partial charge on any atom is 0.260 e. The van der Waals surface area contributed by atoms with E-state index in [-0.39, 0.29) is 42.5 Å². The fourth-order valence-corrected chi connectivity index (χ4v) is 5.03. The Kier molecular flexibility index (Phi) is 7.31. The van der Waals surface area contributed by atoms with Gasteiger partial charge in [-0.1, -0.05) is 11.6 Å². The summed E-state index contributed by atoms with van der Waals surface area (Å²) in [5, 5.41) is 3.21. The lowest BCUT2D eigenvalue weighted by molar-refractivity contribution is -0.137. The summed E-state index contributed by atoms with van der Waals surface area (Å²) in [6.45, 7) is 1.72. The van der Waals surface area contributed by atoms with Gasteiger partial charge in [-0.15, -0.1) is 0 Å². The first-order chi connectivity index (χ1) is 12.2. The highest BCUT2D eigenvalue weighted by Crippen LogP contribution is 2.27. The van der Waals surface area contributed by atoms with Crippen molar-refractivity contribution in [2.45, 2.75) is 19.4 Å². The van der Waals surface area contributed by atoms with E-state index >= 15 is 0 Å². The molecule has 1 saturated heterocycles. The van der Waals surface area contributed by atoms with E-state index in [4.69, 9.17) is 16.3 Å². The molecule has 0 radical (unpaired) electrons. The molecule has 7 nitrogen and oxygen atoms in total. The third-order valence-electron chi connectivity index (χ3n) is 3.91. The van der Waals surface area contributed by atoms with Gasteiger partial charge in [0.1, 0.15) is 5.75 Å². The van der Waals surface area contributed by atoms with Crippen molar-refractivity contribution in [1.82, 2.24) is 10.2 Å². The lowest BCUT2D eigenvalue weighted by atomic mass is 10.2. The minimum absolute atomic E-state index is 0.0491. The standard InChI is InChI=1S/C16H20BrClN2O5S/c1-2-20(8-15(21)19-12-5-6-26(23,24)10-12)16(22)9-25-14-4-3-11(18)7-13(14)17/h3-4,7,12H,2,5-6,8-10H2,1H3,(H,19,21). The van der Waals surface area contributed by atoms with Crippen LogP contribution in [0.2, 0.25) is 5.02 Å². The minimum Gasteiger partial charge on any atom is -0.483 e. The van der Waals surface area contributed by atoms with Gasteiger partial charge in [0.05, 0.1) is 22.5 Å². The summed E-state index contributed by atoms with van der Waals surface area (Å²) >= 11 is 9.16. The maximum atomic E-state index is 12.3. The maximum absolute atomic E-state index is 12.3. The molecule has 1 N–H and O–H groups in total. The number of halogens is 2. The molecule has 0 aliphatic carbocycles. The molecule has 2 rings (SSSR count). The molecule has 2 amide bonds. The number of nitrogens with zero attached hydrogens (tertiary/aromatic N) is 1. The zero-order valence-electron chi connectivity index (χ0n) is 14.2. The first kappa shape index (κ1) is 21.0. The Balaban J connectivity index is 1.84. The zero-order valence-corrected chi connectivity index (χ0v) is 17.4. The molecule has 0 aromatic heterocycles. The lowest BCUT2D eigenvalue weighted by Crippen LogP contribution is -2.45. The van der Waals surface area contributed by atoms with E-state index in [1.54, 1.807) is 25.1 Å². The molecule has 1 aliphatic rings. The van der Waals surface area contributed by atoms with E-state index in [2.05, 4.69) is 21.2 Å². The van der Waals surface area contributed by atoms with Crippen molar-refractivity contribution in [1.29, 1.82) is 0 Å². The van der Waals surface area contributed by atoms with Crippen molar-refractivity contribution in [2.75, 3.05) is 31.2 Å². The van der Waals surface area contributed by atoms with Crippen molar-refractivity contribution < 1.29 is 22.7 Å². The van der Waals surface area contributed by atoms with Crippen LogP contribution in [-0.4, -0.2) is 62.4 Å². The van der Waals surface area contributed by atoms with Crippen LogP contribution in [0.25, 0.3) is 0 Å². The number of amides is 2. The number of likely N-dealkylation sites (N-methyl/N-ethyl adjacent to an activating group) is 1. The highest BCUT2D eigenvalue weighted by Gasteiger charge is 2.29. The second kappa shape index (κ2) is 9.05. The van der Waals surface area contributed by atoms with Crippen LogP contribution in [0.5, 0.6) is 5.75 Å². The number of hydrogen-bond acceptors (Lipinski definition) is 5. The number of ether oxygens (including phenoxy) is 1. The summed E-state index contributed by atoms with van der Waals surface area (Å²) in [6, 6.07) is 4.56. The first-order valence-electron chi connectivity index (χ1n) is 8.05. The molecule has 1 aromatic rings. The average Bonchev–Trinajstić information content (AvgIpc) is 2.90. The quantitative estimate of drug-likeness (QED) is 0.658. The molecular formula is C16H20BrClN2O5S. The summed E-state index contributed by atoms with van der Waals surface area (Å²) in [5.41, 5.74) is 0. The molecule has 1 aromatic carbocycles. The van der Waals surface area contributed by atoms with Crippen LogP contribution >= 0.6 is 27.5 Å². The number of nitrogens with one attached hydrogen (secondary N) is 1. The molecule has 0 saturated carbocycles. The molecule has 26 heavy (non-hydrogen) atoms. The third-order valence-corrected chi connectivity index (χ3v) is 6.53. The first-order valence-corrected chi connectivity index (χ1v) is 11.0. The molecule has 1 unspecified atom stereocenters. The van der Waals surface area contributed by atoms with Gasteiger partial charge in [0.2, 0.25) is 5.91 Å². The molecule has 1 heterocycles. The van der Waals surface area contributed by atoms with Gasteiger partial charge >= 0.3 is 0 Å². The largest absolute Gasteiger partial charge is 0.483 e. The van der Waals surface area contributed by atoms with Crippen LogP contribution in [0.3, 0.4) is 0 Å². The summed E-state index contributed by atoms with van der Waals surface area (Å²) in [6.07, 6.45) is 0.405. The SMILES string of the molecule is CCN(CC(=O)NC1CCS(=O)(=O)C1)C(=O)COc1ccc(Cl)cc1Br. The summed E-state index contributed by atoms with van der Waals surface area (Å²) in [5.74, 6) is -0.219. The van der Waals surface area contributed by atoms with E-state index < -0.39 is 9.84 Å². The van der Waals surface area contributed by atoms with Gasteiger partial charge in [-0.3, -0.25) is 9.59 Å². The molecule has 1 aliphatic heterocycles. The Morgan fingerprint density at radius 1 is 1.42 bits per heavy atom. The van der Waals surface area contributed by atoms with Gasteiger partial charge in [-0.25, -0.2) is 8.42 Å². The van der Waals surface area contributed by atoms with Gasteiger partial charge in [-0.2, -0.15) is 0 Å². The fourth-order valence-electron chi connectivity index (χ4n) is 2.55.